The lowest BCUT2D eigenvalue weighted by atomic mass is 10.1. The van der Waals surface area contributed by atoms with Crippen LogP contribution in [-0.4, -0.2) is 81.6 Å². The van der Waals surface area contributed by atoms with Crippen molar-refractivity contribution in [2.24, 2.45) is 0 Å². The van der Waals surface area contributed by atoms with Crippen molar-refractivity contribution in [3.05, 3.63) is 35.9 Å². The van der Waals surface area contributed by atoms with Gasteiger partial charge in [-0.2, -0.15) is 0 Å². The molecule has 0 spiro atoms. The highest BCUT2D eigenvalue weighted by molar-refractivity contribution is 5.75. The molecule has 1 aromatic rings. The summed E-state index contributed by atoms with van der Waals surface area (Å²) in [4.78, 5) is 31.3. The van der Waals surface area contributed by atoms with Crippen molar-refractivity contribution in [3.8, 4) is 0 Å². The molecule has 0 aliphatic carbocycles. The zero-order valence-corrected chi connectivity index (χ0v) is 21.0. The molecule has 0 radical (unpaired) electrons. The van der Waals surface area contributed by atoms with Crippen LogP contribution in [0.1, 0.15) is 50.5 Å². The van der Waals surface area contributed by atoms with E-state index in [0.717, 1.165) is 58.2 Å². The Bertz CT molecular complexity index is 664. The molecule has 194 valence electrons. The first-order valence-corrected chi connectivity index (χ1v) is 11.9. The third-order valence-corrected chi connectivity index (χ3v) is 4.86. The number of amides is 2. The van der Waals surface area contributed by atoms with E-state index in [0.29, 0.717) is 17.6 Å². The Balaban J connectivity index is 0.00000343. The molecule has 0 saturated heterocycles. The van der Waals surface area contributed by atoms with E-state index in [-0.39, 0.29) is 18.9 Å². The number of hydrogen-bond acceptors (Lipinski definition) is 5. The van der Waals surface area contributed by atoms with Gasteiger partial charge in [-0.15, -0.1) is 0 Å². The molecule has 0 aliphatic rings. The smallest absolute Gasteiger partial charge is 0.315 e. The maximum atomic E-state index is 12.0. The molecule has 0 aromatic heterocycles. The lowest BCUT2D eigenvalue weighted by molar-refractivity contribution is -0.871. The molecule has 9 nitrogen and oxygen atoms in total. The summed E-state index contributed by atoms with van der Waals surface area (Å²) < 4.78 is 6.26. The van der Waals surface area contributed by atoms with Gasteiger partial charge in [-0.1, -0.05) is 43.2 Å². The summed E-state index contributed by atoms with van der Waals surface area (Å²) in [6.07, 6.45) is 7.18. The third kappa shape index (κ3) is 21.2. The largest absolute Gasteiger partial charge is 0.550 e. The summed E-state index contributed by atoms with van der Waals surface area (Å²) in [5.41, 5.74) is 1.38. The first-order valence-electron chi connectivity index (χ1n) is 11.9. The second-order valence-electron chi connectivity index (χ2n) is 9.22. The van der Waals surface area contributed by atoms with Gasteiger partial charge in [-0.25, -0.2) is 4.79 Å². The summed E-state index contributed by atoms with van der Waals surface area (Å²) in [6, 6.07) is 9.75. The number of carbonyl (C=O) groups is 3. The zero-order valence-electron chi connectivity index (χ0n) is 21.0. The number of aryl methyl sites for hydroxylation is 1. The lowest BCUT2D eigenvalue weighted by Crippen LogP contribution is -2.53. The molecule has 2 amide bonds. The molecule has 1 rings (SSSR count). The number of carboxylic acid groups (broad SMARTS) is 2. The molecule has 9 heteroatoms. The molecule has 34 heavy (non-hydrogen) atoms. The van der Waals surface area contributed by atoms with Crippen LogP contribution in [0.2, 0.25) is 0 Å². The van der Waals surface area contributed by atoms with Gasteiger partial charge in [0.15, 0.2) is 0 Å². The summed E-state index contributed by atoms with van der Waals surface area (Å²) in [6.45, 7) is 2.45. The van der Waals surface area contributed by atoms with Gasteiger partial charge in [-0.05, 0) is 37.7 Å². The number of nitrogens with zero attached hydrogens (tertiary/aromatic N) is 1. The van der Waals surface area contributed by atoms with Crippen molar-refractivity contribution in [1.29, 1.82) is 0 Å². The van der Waals surface area contributed by atoms with Gasteiger partial charge in [0.2, 0.25) is 0 Å². The molecule has 1 aromatic carbocycles. The maximum absolute atomic E-state index is 12.0. The fourth-order valence-electron chi connectivity index (χ4n) is 3.42. The lowest BCUT2D eigenvalue weighted by Gasteiger charge is -2.30. The predicted molar refractivity (Wildman–Crippen MR) is 130 cm³/mol. The van der Waals surface area contributed by atoms with Crippen LogP contribution in [0.15, 0.2) is 30.3 Å². The molecule has 0 fully saturated rings. The Morgan fingerprint density at radius 1 is 1.03 bits per heavy atom. The summed E-state index contributed by atoms with van der Waals surface area (Å²) in [5.74, 6) is -1.16. The van der Waals surface area contributed by atoms with Crippen molar-refractivity contribution in [2.45, 2.75) is 57.4 Å². The topological polar surface area (TPSA) is 128 Å². The van der Waals surface area contributed by atoms with Crippen molar-refractivity contribution >= 4 is 18.5 Å². The number of rotatable bonds is 17. The second kappa shape index (κ2) is 19.8. The molecule has 0 saturated carbocycles. The average Bonchev–Trinajstić information content (AvgIpc) is 2.74. The number of benzene rings is 1. The summed E-state index contributed by atoms with van der Waals surface area (Å²) >= 11 is 0. The highest BCUT2D eigenvalue weighted by Gasteiger charge is 2.20. The number of carboxylic acids is 1. The van der Waals surface area contributed by atoms with Crippen LogP contribution < -0.4 is 15.7 Å². The Labute approximate surface area is 204 Å². The Morgan fingerprint density at radius 2 is 1.62 bits per heavy atom. The number of hydrogen-bond donors (Lipinski definition) is 3. The van der Waals surface area contributed by atoms with Gasteiger partial charge < -0.3 is 34.9 Å². The molecular formula is C25H43N3O6. The van der Waals surface area contributed by atoms with Crippen molar-refractivity contribution in [3.63, 3.8) is 0 Å². The fraction of sp³-hybridized carbons (Fsp3) is 0.640. The highest BCUT2D eigenvalue weighted by Crippen LogP contribution is 2.05. The van der Waals surface area contributed by atoms with Gasteiger partial charge in [0.1, 0.15) is 0 Å². The monoisotopic (exact) mass is 481 g/mol. The normalized spacial score (nSPS) is 11.6. The van der Waals surface area contributed by atoms with E-state index >= 15 is 0 Å². The Hall–Kier alpha value is -2.65. The van der Waals surface area contributed by atoms with E-state index < -0.39 is 12.0 Å². The van der Waals surface area contributed by atoms with Gasteiger partial charge >= 0.3 is 6.03 Å². The number of urea groups is 1. The van der Waals surface area contributed by atoms with Crippen molar-refractivity contribution in [1.82, 2.24) is 10.6 Å². The van der Waals surface area contributed by atoms with Crippen LogP contribution in [0.5, 0.6) is 0 Å². The molecule has 3 N–H and O–H groups in total. The van der Waals surface area contributed by atoms with Gasteiger partial charge in [0, 0.05) is 32.1 Å². The summed E-state index contributed by atoms with van der Waals surface area (Å²) in [5, 5.41) is 23.3. The average molecular weight is 482 g/mol. The minimum absolute atomic E-state index is 0.185. The maximum Gasteiger partial charge on any atom is 0.315 e. The number of aliphatic carboxylic acids is 1. The van der Waals surface area contributed by atoms with E-state index in [1.165, 1.54) is 5.56 Å². The minimum Gasteiger partial charge on any atom is -0.550 e. The van der Waals surface area contributed by atoms with E-state index in [1.54, 1.807) is 0 Å². The number of quaternary nitrogens is 1. The van der Waals surface area contributed by atoms with Crippen LogP contribution in [0.25, 0.3) is 0 Å². The van der Waals surface area contributed by atoms with Gasteiger partial charge in [0.05, 0.1) is 33.7 Å². The Morgan fingerprint density at radius 3 is 2.21 bits per heavy atom. The quantitative estimate of drug-likeness (QED) is 0.177. The van der Waals surface area contributed by atoms with Crippen LogP contribution in [0.4, 0.5) is 4.79 Å². The number of nitrogens with one attached hydrogen (secondary N) is 2. The first kappa shape index (κ1) is 31.4. The van der Waals surface area contributed by atoms with E-state index in [9.17, 15) is 14.7 Å². The van der Waals surface area contributed by atoms with Crippen molar-refractivity contribution < 1.29 is 33.8 Å². The predicted octanol–water partition coefficient (Wildman–Crippen LogP) is 1.80. The minimum atomic E-state index is -1.16. The zero-order chi connectivity index (χ0) is 25.7. The standard InChI is InChI=1S/C24H41N3O4.CH2O2/c1-27(2,3)20-22(19-23(28)29)26-24(30)25-16-10-4-5-11-17-31-18-12-9-15-21-13-7-6-8-14-21;2-1-3/h6-8,13-14,22H,4-5,9-12,15-20H2,1-3H3,(H2-,25,26,28,29,30);1H,(H,2,3). The number of ether oxygens (including phenoxy) is 1. The van der Waals surface area contributed by atoms with Gasteiger partial charge in [-0.3, -0.25) is 4.79 Å². The van der Waals surface area contributed by atoms with Gasteiger partial charge in [0.25, 0.3) is 6.47 Å². The van der Waals surface area contributed by atoms with Crippen LogP contribution in [-0.2, 0) is 20.7 Å². The molecular weight excluding hydrogens is 438 g/mol. The van der Waals surface area contributed by atoms with Crippen LogP contribution in [0.3, 0.4) is 0 Å². The molecule has 1 atom stereocenters. The fourth-order valence-corrected chi connectivity index (χ4v) is 3.42. The van der Waals surface area contributed by atoms with Crippen molar-refractivity contribution in [2.75, 3.05) is 47.4 Å². The Kier molecular flexibility index (Phi) is 18.2. The first-order chi connectivity index (χ1) is 16.2. The number of likely N-dealkylation sites (N-methyl/N-ethyl adjacent to an activating group) is 1. The molecule has 0 aliphatic heterocycles. The molecule has 0 heterocycles. The SMILES string of the molecule is C[N+](C)(C)CC(CC(=O)[O-])NC(=O)NCCCCCCOCCCCc1ccccc1.O=CO. The highest BCUT2D eigenvalue weighted by atomic mass is 16.5. The number of carbonyl (C=O) groups excluding carboxylic acids is 2. The van der Waals surface area contributed by atoms with Crippen LogP contribution in [0, 0.1) is 0 Å². The van der Waals surface area contributed by atoms with Crippen LogP contribution >= 0.6 is 0 Å². The third-order valence-electron chi connectivity index (χ3n) is 4.86. The molecule has 0 bridgehead atoms. The van der Waals surface area contributed by atoms with E-state index in [4.69, 9.17) is 14.6 Å². The molecule has 1 unspecified atom stereocenters. The van der Waals surface area contributed by atoms with E-state index in [2.05, 4.69) is 34.9 Å². The van der Waals surface area contributed by atoms with E-state index in [1.807, 2.05) is 27.2 Å². The second-order valence-corrected chi connectivity index (χ2v) is 9.22. The summed E-state index contributed by atoms with van der Waals surface area (Å²) in [7, 11) is 5.86. The number of unbranched alkanes of at least 4 members (excludes halogenated alkanes) is 4.